The topological polar surface area (TPSA) is 94.2 Å². The first-order chi connectivity index (χ1) is 12.4. The van der Waals surface area contributed by atoms with Crippen LogP contribution in [0.25, 0.3) is 0 Å². The summed E-state index contributed by atoms with van der Waals surface area (Å²) in [6.07, 6.45) is 2.30. The number of rotatable bonds is 10. The highest BCUT2D eigenvalue weighted by atomic mass is 32.2. The third-order valence-corrected chi connectivity index (χ3v) is 5.32. The number of hydrogen-bond donors (Lipinski definition) is 1. The van der Waals surface area contributed by atoms with Crippen LogP contribution in [0.1, 0.15) is 12.8 Å². The minimum Gasteiger partial charge on any atom is -0.497 e. The molecule has 146 valence electrons. The smallest absolute Gasteiger partial charge is 0.249 e. The van der Waals surface area contributed by atoms with Gasteiger partial charge in [-0.05, 0) is 37.1 Å². The highest BCUT2D eigenvalue weighted by Gasteiger charge is 2.23. The van der Waals surface area contributed by atoms with Gasteiger partial charge in [-0.2, -0.15) is 4.31 Å². The predicted octanol–water partition coefficient (Wildman–Crippen LogP) is 0.631. The molecule has 0 bridgehead atoms. The number of hydrogen-bond acceptors (Lipinski definition) is 6. The van der Waals surface area contributed by atoms with Crippen LogP contribution in [0, 0.1) is 0 Å². The first-order valence-electron chi connectivity index (χ1n) is 8.51. The van der Waals surface area contributed by atoms with Gasteiger partial charge in [0.05, 0.1) is 13.4 Å². The van der Waals surface area contributed by atoms with Crippen molar-refractivity contribution in [3.8, 4) is 11.5 Å². The van der Waals surface area contributed by atoms with Crippen molar-refractivity contribution >= 4 is 15.9 Å². The Labute approximate surface area is 154 Å². The van der Waals surface area contributed by atoms with Crippen molar-refractivity contribution in [3.63, 3.8) is 0 Å². The van der Waals surface area contributed by atoms with Gasteiger partial charge in [0.1, 0.15) is 24.2 Å². The van der Waals surface area contributed by atoms with E-state index in [0.717, 1.165) is 18.4 Å². The summed E-state index contributed by atoms with van der Waals surface area (Å²) < 4.78 is 41.0. The molecule has 1 aromatic rings. The molecular weight excluding hydrogens is 360 g/mol. The SMILES string of the molecule is COc1ccc(OCCN(CCNC(=O)C2CCCO2)S(C)(=O)=O)cc1. The summed E-state index contributed by atoms with van der Waals surface area (Å²) in [5, 5.41) is 2.72. The Morgan fingerprint density at radius 3 is 2.54 bits per heavy atom. The minimum absolute atomic E-state index is 0.184. The molecule has 1 amide bonds. The molecular formula is C17H26N2O6S. The van der Waals surface area contributed by atoms with Gasteiger partial charge >= 0.3 is 0 Å². The fourth-order valence-corrected chi connectivity index (χ4v) is 3.41. The summed E-state index contributed by atoms with van der Waals surface area (Å²) in [4.78, 5) is 11.9. The van der Waals surface area contributed by atoms with Crippen molar-refractivity contribution in [1.82, 2.24) is 9.62 Å². The Balaban J connectivity index is 1.76. The maximum Gasteiger partial charge on any atom is 0.249 e. The summed E-state index contributed by atoms with van der Waals surface area (Å²) in [7, 11) is -1.82. The lowest BCUT2D eigenvalue weighted by Crippen LogP contribution is -2.42. The summed E-state index contributed by atoms with van der Waals surface area (Å²) in [5.74, 6) is 1.16. The van der Waals surface area contributed by atoms with Crippen LogP contribution < -0.4 is 14.8 Å². The number of nitrogens with zero attached hydrogens (tertiary/aromatic N) is 1. The maximum atomic E-state index is 11.9. The van der Waals surface area contributed by atoms with Crippen LogP contribution >= 0.6 is 0 Å². The lowest BCUT2D eigenvalue weighted by atomic mass is 10.2. The number of carbonyl (C=O) groups excluding carboxylic acids is 1. The molecule has 1 aliphatic heterocycles. The van der Waals surface area contributed by atoms with E-state index in [9.17, 15) is 13.2 Å². The van der Waals surface area contributed by atoms with Crippen molar-refractivity contribution < 1.29 is 27.4 Å². The predicted molar refractivity (Wildman–Crippen MR) is 96.9 cm³/mol. The molecule has 1 saturated heterocycles. The van der Waals surface area contributed by atoms with E-state index in [1.165, 1.54) is 4.31 Å². The number of nitrogens with one attached hydrogen (secondary N) is 1. The van der Waals surface area contributed by atoms with E-state index in [4.69, 9.17) is 14.2 Å². The van der Waals surface area contributed by atoms with E-state index >= 15 is 0 Å². The lowest BCUT2D eigenvalue weighted by Gasteiger charge is -2.20. The molecule has 8 nitrogen and oxygen atoms in total. The quantitative estimate of drug-likeness (QED) is 0.634. The standard InChI is InChI=1S/C17H26N2O6S/c1-23-14-5-7-15(8-6-14)24-13-11-19(26(2,21)22)10-9-18-17(20)16-4-3-12-25-16/h5-8,16H,3-4,9-13H2,1-2H3,(H,18,20). The van der Waals surface area contributed by atoms with Crippen LogP contribution in [0.3, 0.4) is 0 Å². The van der Waals surface area contributed by atoms with Crippen LogP contribution in [0.5, 0.6) is 11.5 Å². The second-order valence-corrected chi connectivity index (χ2v) is 7.96. The van der Waals surface area contributed by atoms with Gasteiger partial charge in [-0.25, -0.2) is 8.42 Å². The molecule has 1 aliphatic rings. The molecule has 0 aliphatic carbocycles. The van der Waals surface area contributed by atoms with Crippen molar-refractivity contribution in [2.45, 2.75) is 18.9 Å². The largest absolute Gasteiger partial charge is 0.497 e. The number of sulfonamides is 1. The summed E-state index contributed by atoms with van der Waals surface area (Å²) >= 11 is 0. The molecule has 26 heavy (non-hydrogen) atoms. The van der Waals surface area contributed by atoms with E-state index in [0.29, 0.717) is 18.8 Å². The number of ether oxygens (including phenoxy) is 3. The molecule has 0 radical (unpaired) electrons. The zero-order chi connectivity index (χ0) is 19.0. The van der Waals surface area contributed by atoms with Gasteiger partial charge in [-0.15, -0.1) is 0 Å². The summed E-state index contributed by atoms with van der Waals surface area (Å²) in [6, 6.07) is 7.05. The normalized spacial score (nSPS) is 17.3. The second-order valence-electron chi connectivity index (χ2n) is 5.98. The van der Waals surface area contributed by atoms with Crippen molar-refractivity contribution in [2.24, 2.45) is 0 Å². The van der Waals surface area contributed by atoms with Crippen molar-refractivity contribution in [2.75, 3.05) is 46.2 Å². The Hall–Kier alpha value is -1.84. The number of methoxy groups -OCH3 is 1. The first-order valence-corrected chi connectivity index (χ1v) is 10.4. The molecule has 1 heterocycles. The molecule has 1 unspecified atom stereocenters. The molecule has 1 aromatic carbocycles. The van der Waals surface area contributed by atoms with Crippen molar-refractivity contribution in [3.05, 3.63) is 24.3 Å². The highest BCUT2D eigenvalue weighted by Crippen LogP contribution is 2.17. The van der Waals surface area contributed by atoms with Crippen LogP contribution in [-0.2, 0) is 19.6 Å². The lowest BCUT2D eigenvalue weighted by molar-refractivity contribution is -0.130. The average Bonchev–Trinajstić information content (AvgIpc) is 3.14. The fourth-order valence-electron chi connectivity index (χ4n) is 2.58. The Morgan fingerprint density at radius 1 is 1.27 bits per heavy atom. The van der Waals surface area contributed by atoms with E-state index in [2.05, 4.69) is 5.32 Å². The van der Waals surface area contributed by atoms with Gasteiger partial charge in [0.2, 0.25) is 15.9 Å². The van der Waals surface area contributed by atoms with Gasteiger partial charge in [0.25, 0.3) is 0 Å². The monoisotopic (exact) mass is 386 g/mol. The number of amides is 1. The van der Waals surface area contributed by atoms with E-state index in [-0.39, 0.29) is 32.1 Å². The highest BCUT2D eigenvalue weighted by molar-refractivity contribution is 7.88. The Bertz CT molecular complexity index is 671. The third kappa shape index (κ3) is 6.47. The summed E-state index contributed by atoms with van der Waals surface area (Å²) in [6.45, 7) is 1.41. The molecule has 1 N–H and O–H groups in total. The van der Waals surface area contributed by atoms with E-state index < -0.39 is 16.1 Å². The molecule has 2 rings (SSSR count). The van der Waals surface area contributed by atoms with Gasteiger partial charge in [-0.1, -0.05) is 0 Å². The fraction of sp³-hybridized carbons (Fsp3) is 0.588. The molecule has 0 spiro atoms. The van der Waals surface area contributed by atoms with Gasteiger partial charge in [-0.3, -0.25) is 4.79 Å². The van der Waals surface area contributed by atoms with Crippen LogP contribution in [0.2, 0.25) is 0 Å². The van der Waals surface area contributed by atoms with Crippen LogP contribution in [0.15, 0.2) is 24.3 Å². The van der Waals surface area contributed by atoms with E-state index in [1.54, 1.807) is 31.4 Å². The van der Waals surface area contributed by atoms with Gasteiger partial charge in [0.15, 0.2) is 0 Å². The average molecular weight is 386 g/mol. The van der Waals surface area contributed by atoms with Crippen LogP contribution in [0.4, 0.5) is 0 Å². The third-order valence-electron chi connectivity index (χ3n) is 4.02. The van der Waals surface area contributed by atoms with Crippen molar-refractivity contribution in [1.29, 1.82) is 0 Å². The Morgan fingerprint density at radius 2 is 1.96 bits per heavy atom. The molecule has 1 fully saturated rings. The number of benzene rings is 1. The molecule has 0 saturated carbocycles. The first kappa shape index (κ1) is 20.5. The zero-order valence-electron chi connectivity index (χ0n) is 15.1. The molecule has 0 aromatic heterocycles. The number of carbonyl (C=O) groups is 1. The van der Waals surface area contributed by atoms with E-state index in [1.807, 2.05) is 0 Å². The molecule has 1 atom stereocenters. The Kier molecular flexibility index (Phi) is 7.67. The van der Waals surface area contributed by atoms with Crippen LogP contribution in [-0.4, -0.2) is 70.9 Å². The molecule has 9 heteroatoms. The zero-order valence-corrected chi connectivity index (χ0v) is 16.0. The second kappa shape index (κ2) is 9.75. The van der Waals surface area contributed by atoms with Gasteiger partial charge < -0.3 is 19.5 Å². The minimum atomic E-state index is -3.40. The maximum absolute atomic E-state index is 11.9. The van der Waals surface area contributed by atoms with Gasteiger partial charge in [0, 0.05) is 26.2 Å². The summed E-state index contributed by atoms with van der Waals surface area (Å²) in [5.41, 5.74) is 0.